The van der Waals surface area contributed by atoms with Gasteiger partial charge in [-0.2, -0.15) is 0 Å². The fourth-order valence-corrected chi connectivity index (χ4v) is 9.04. The van der Waals surface area contributed by atoms with Crippen LogP contribution in [-0.4, -0.2) is 42.7 Å². The van der Waals surface area contributed by atoms with Gasteiger partial charge in [-0.25, -0.2) is 0 Å². The molecule has 39 heavy (non-hydrogen) atoms. The number of rotatable bonds is 10. The number of hydrogen-bond donors (Lipinski definition) is 0. The highest BCUT2D eigenvalue weighted by molar-refractivity contribution is 6.18. The fraction of sp³-hybridized carbons (Fsp3) is 0.697. The SMILES string of the molecule is C[C@]12CC[C@H](OC(=O)CCCc3ccc(N(CCCl)CCCl)cc3)CC1=CC[C@@H]1[C@@H]2CC[C@]2(C)C(=O)CC[C@@H]12. The van der Waals surface area contributed by atoms with Gasteiger partial charge in [-0.05, 0) is 92.2 Å². The standard InChI is InChI=1S/C33H45Cl2NO3/c1-32-16-14-26(22-24(32)8-11-27-28-12-13-30(37)33(28,2)17-15-29(27)32)39-31(38)5-3-4-23-6-9-25(10-7-23)36(20-18-34)21-19-35/h6-10,26-29H,3-5,11-22H2,1-2H3/t26-,27-,28-,29-,32-,33-/m0/s1. The summed E-state index contributed by atoms with van der Waals surface area (Å²) in [4.78, 5) is 27.6. The van der Waals surface area contributed by atoms with Crippen LogP contribution in [-0.2, 0) is 20.7 Å². The molecule has 0 aromatic heterocycles. The van der Waals surface area contributed by atoms with Gasteiger partial charge in [0.1, 0.15) is 11.9 Å². The topological polar surface area (TPSA) is 46.6 Å². The number of carbonyl (C=O) groups is 2. The molecule has 3 fully saturated rings. The first-order valence-corrected chi connectivity index (χ1v) is 16.2. The van der Waals surface area contributed by atoms with Crippen molar-refractivity contribution in [3.8, 4) is 0 Å². The van der Waals surface area contributed by atoms with Gasteiger partial charge in [0, 0.05) is 55.2 Å². The lowest BCUT2D eigenvalue weighted by atomic mass is 9.48. The summed E-state index contributed by atoms with van der Waals surface area (Å²) in [5.41, 5.74) is 4.00. The van der Waals surface area contributed by atoms with Crippen molar-refractivity contribution in [2.75, 3.05) is 29.7 Å². The van der Waals surface area contributed by atoms with Gasteiger partial charge >= 0.3 is 5.97 Å². The van der Waals surface area contributed by atoms with Crippen LogP contribution in [0.25, 0.3) is 0 Å². The van der Waals surface area contributed by atoms with Crippen LogP contribution in [0.4, 0.5) is 5.69 Å². The number of anilines is 1. The molecule has 1 aromatic carbocycles. The van der Waals surface area contributed by atoms with E-state index < -0.39 is 0 Å². The van der Waals surface area contributed by atoms with Crippen molar-refractivity contribution in [2.24, 2.45) is 28.6 Å². The van der Waals surface area contributed by atoms with E-state index in [4.69, 9.17) is 27.9 Å². The summed E-state index contributed by atoms with van der Waals surface area (Å²) in [7, 11) is 0. The summed E-state index contributed by atoms with van der Waals surface area (Å²) < 4.78 is 6.01. The van der Waals surface area contributed by atoms with Crippen molar-refractivity contribution in [1.29, 1.82) is 0 Å². The second-order valence-electron chi connectivity index (χ2n) is 12.9. The van der Waals surface area contributed by atoms with Gasteiger partial charge in [0.25, 0.3) is 0 Å². The zero-order valence-electron chi connectivity index (χ0n) is 23.7. The number of Topliss-reactive ketones (excluding diaryl/α,β-unsaturated/α-hetero) is 1. The van der Waals surface area contributed by atoms with Crippen LogP contribution in [0.3, 0.4) is 0 Å². The van der Waals surface area contributed by atoms with E-state index in [1.54, 1.807) is 0 Å². The molecule has 214 valence electrons. The number of halogens is 2. The second-order valence-corrected chi connectivity index (χ2v) is 13.7. The fourth-order valence-electron chi connectivity index (χ4n) is 8.63. The summed E-state index contributed by atoms with van der Waals surface area (Å²) in [6.07, 6.45) is 12.7. The Bertz CT molecular complexity index is 1070. The van der Waals surface area contributed by atoms with Gasteiger partial charge in [-0.3, -0.25) is 9.59 Å². The quantitative estimate of drug-likeness (QED) is 0.163. The number of esters is 1. The third-order valence-corrected chi connectivity index (χ3v) is 11.3. The number of ketones is 1. The van der Waals surface area contributed by atoms with Gasteiger partial charge in [-0.15, -0.1) is 23.2 Å². The molecule has 3 saturated carbocycles. The highest BCUT2D eigenvalue weighted by atomic mass is 35.5. The van der Waals surface area contributed by atoms with Crippen molar-refractivity contribution >= 4 is 40.6 Å². The number of carbonyl (C=O) groups excluding carboxylic acids is 2. The number of allylic oxidation sites excluding steroid dienone is 1. The first-order chi connectivity index (χ1) is 18.8. The van der Waals surface area contributed by atoms with Crippen LogP contribution in [0.1, 0.15) is 83.6 Å². The van der Waals surface area contributed by atoms with Crippen LogP contribution in [0.2, 0.25) is 0 Å². The second kappa shape index (κ2) is 12.1. The Labute approximate surface area is 244 Å². The maximum Gasteiger partial charge on any atom is 0.306 e. The lowest BCUT2D eigenvalue weighted by Gasteiger charge is -2.56. The number of aryl methyl sites for hydroxylation is 1. The number of alkyl halides is 2. The van der Waals surface area contributed by atoms with Crippen molar-refractivity contribution < 1.29 is 14.3 Å². The number of benzene rings is 1. The first-order valence-electron chi connectivity index (χ1n) is 15.2. The monoisotopic (exact) mass is 573 g/mol. The minimum Gasteiger partial charge on any atom is -0.462 e. The molecule has 6 heteroatoms. The Hall–Kier alpha value is -1.52. The molecule has 0 bridgehead atoms. The molecule has 6 atom stereocenters. The summed E-state index contributed by atoms with van der Waals surface area (Å²) >= 11 is 11.9. The summed E-state index contributed by atoms with van der Waals surface area (Å²) in [5.74, 6) is 3.45. The molecular formula is C33H45Cl2NO3. The molecule has 0 N–H and O–H groups in total. The van der Waals surface area contributed by atoms with E-state index in [-0.39, 0.29) is 22.9 Å². The molecule has 4 aliphatic carbocycles. The zero-order valence-corrected chi connectivity index (χ0v) is 25.2. The molecule has 0 radical (unpaired) electrons. The predicted octanol–water partition coefficient (Wildman–Crippen LogP) is 7.74. The largest absolute Gasteiger partial charge is 0.462 e. The average Bonchev–Trinajstić information content (AvgIpc) is 3.23. The molecule has 0 aliphatic heterocycles. The van der Waals surface area contributed by atoms with Crippen LogP contribution in [0.15, 0.2) is 35.9 Å². The zero-order chi connectivity index (χ0) is 27.6. The van der Waals surface area contributed by atoms with Crippen molar-refractivity contribution in [2.45, 2.75) is 90.6 Å². The summed E-state index contributed by atoms with van der Waals surface area (Å²) in [6, 6.07) is 8.50. The Morgan fingerprint density at radius 3 is 2.41 bits per heavy atom. The highest BCUT2D eigenvalue weighted by Crippen LogP contribution is 2.64. The lowest BCUT2D eigenvalue weighted by molar-refractivity contribution is -0.151. The maximum atomic E-state index is 12.7. The van der Waals surface area contributed by atoms with Gasteiger partial charge in [-0.1, -0.05) is 37.6 Å². The Balaban J connectivity index is 1.10. The molecule has 1 aromatic rings. The number of ether oxygens (including phenoxy) is 1. The average molecular weight is 575 g/mol. The van der Waals surface area contributed by atoms with E-state index in [9.17, 15) is 9.59 Å². The maximum absolute atomic E-state index is 12.7. The van der Waals surface area contributed by atoms with Crippen molar-refractivity contribution in [1.82, 2.24) is 0 Å². The molecule has 0 saturated heterocycles. The highest BCUT2D eigenvalue weighted by Gasteiger charge is 2.58. The number of hydrogen-bond acceptors (Lipinski definition) is 4. The number of nitrogens with zero attached hydrogens (tertiary/aromatic N) is 1. The molecule has 0 amide bonds. The Morgan fingerprint density at radius 2 is 1.69 bits per heavy atom. The minimum atomic E-state index is -0.0769. The molecule has 0 unspecified atom stereocenters. The van der Waals surface area contributed by atoms with Crippen LogP contribution in [0.5, 0.6) is 0 Å². The van der Waals surface area contributed by atoms with E-state index in [0.29, 0.717) is 41.7 Å². The summed E-state index contributed by atoms with van der Waals surface area (Å²) in [6.45, 7) is 6.26. The minimum absolute atomic E-state index is 0.00409. The smallest absolute Gasteiger partial charge is 0.306 e. The van der Waals surface area contributed by atoms with Gasteiger partial charge in [0.15, 0.2) is 0 Å². The van der Waals surface area contributed by atoms with E-state index in [1.165, 1.54) is 17.6 Å². The molecular weight excluding hydrogens is 529 g/mol. The third kappa shape index (κ3) is 5.80. The third-order valence-electron chi connectivity index (χ3n) is 10.9. The van der Waals surface area contributed by atoms with E-state index in [2.05, 4.69) is 49.1 Å². The van der Waals surface area contributed by atoms with Crippen LogP contribution >= 0.6 is 23.2 Å². The molecule has 0 spiro atoms. The van der Waals surface area contributed by atoms with Crippen molar-refractivity contribution in [3.63, 3.8) is 0 Å². The van der Waals surface area contributed by atoms with Gasteiger partial charge in [0.2, 0.25) is 0 Å². The molecule has 0 heterocycles. The predicted molar refractivity (Wildman–Crippen MR) is 160 cm³/mol. The first kappa shape index (κ1) is 29.0. The normalized spacial score (nSPS) is 33.5. The molecule has 4 nitrogen and oxygen atoms in total. The van der Waals surface area contributed by atoms with Gasteiger partial charge in [0.05, 0.1) is 0 Å². The van der Waals surface area contributed by atoms with E-state index in [0.717, 1.165) is 76.6 Å². The lowest BCUT2D eigenvalue weighted by Crippen LogP contribution is -2.50. The Morgan fingerprint density at radius 1 is 1.00 bits per heavy atom. The Kier molecular flexibility index (Phi) is 9.03. The molecule has 5 rings (SSSR count). The van der Waals surface area contributed by atoms with E-state index in [1.807, 2.05) is 0 Å². The van der Waals surface area contributed by atoms with Crippen molar-refractivity contribution in [3.05, 3.63) is 41.5 Å². The van der Waals surface area contributed by atoms with Crippen LogP contribution < -0.4 is 4.90 Å². The van der Waals surface area contributed by atoms with E-state index >= 15 is 0 Å². The summed E-state index contributed by atoms with van der Waals surface area (Å²) in [5, 5.41) is 0. The van der Waals surface area contributed by atoms with Crippen LogP contribution in [0, 0.1) is 28.6 Å². The van der Waals surface area contributed by atoms with Gasteiger partial charge < -0.3 is 9.64 Å². The molecule has 4 aliphatic rings. The number of fused-ring (bicyclic) bond motifs is 5.